The van der Waals surface area contributed by atoms with Crippen LogP contribution in [-0.2, 0) is 19.6 Å². The summed E-state index contributed by atoms with van der Waals surface area (Å²) in [5.74, 6) is -2.01. The second kappa shape index (κ2) is 5.58. The Labute approximate surface area is 119 Å². The molecule has 0 amide bonds. The average Bonchev–Trinajstić information content (AvgIpc) is 2.90. The Kier molecular flexibility index (Phi) is 4.00. The number of carbonyl (C=O) groups excluding carboxylic acids is 1. The van der Waals surface area contributed by atoms with Crippen LogP contribution in [0.1, 0.15) is 10.4 Å². The number of hydrogen-bond acceptors (Lipinski definition) is 7. The molecule has 0 bridgehead atoms. The number of hydrogen-bond donors (Lipinski definition) is 2. The number of carboxylic acids is 1. The van der Waals surface area contributed by atoms with Crippen molar-refractivity contribution in [3.05, 3.63) is 17.7 Å². The largest absolute Gasteiger partial charge is 0.478 e. The van der Waals surface area contributed by atoms with Gasteiger partial charge in [-0.05, 0) is 0 Å². The van der Waals surface area contributed by atoms with Crippen LogP contribution in [-0.4, -0.2) is 45.9 Å². The number of benzene rings is 1. The molecule has 0 saturated carbocycles. The number of methoxy groups -OCH3 is 1. The van der Waals surface area contributed by atoms with E-state index in [1.165, 1.54) is 0 Å². The first kappa shape index (κ1) is 15.1. The molecule has 0 atom stereocenters. The highest BCUT2D eigenvalue weighted by atomic mass is 32.2. The van der Waals surface area contributed by atoms with Crippen molar-refractivity contribution < 1.29 is 37.3 Å². The Hall–Kier alpha value is -2.33. The monoisotopic (exact) mass is 317 g/mol. The van der Waals surface area contributed by atoms with Gasteiger partial charge >= 0.3 is 11.9 Å². The Morgan fingerprint density at radius 1 is 1.33 bits per heavy atom. The standard InChI is InChI=1S/C11H11NO8S/c1-18-10(13)4-12-21(16,17)9-3-8-7(19-5-20-8)2-6(9)11(14)15/h2-3,12H,4-5H2,1H3,(H,14,15). The normalized spacial score (nSPS) is 13.0. The first-order valence-electron chi connectivity index (χ1n) is 5.58. The van der Waals surface area contributed by atoms with E-state index in [1.807, 2.05) is 4.72 Å². The minimum Gasteiger partial charge on any atom is -0.478 e. The van der Waals surface area contributed by atoms with Crippen LogP contribution >= 0.6 is 0 Å². The molecular formula is C11H11NO8S. The number of sulfonamides is 1. The van der Waals surface area contributed by atoms with E-state index in [1.54, 1.807) is 0 Å². The number of rotatable bonds is 5. The van der Waals surface area contributed by atoms with Gasteiger partial charge in [0.2, 0.25) is 16.8 Å². The lowest BCUT2D eigenvalue weighted by molar-refractivity contribution is -0.139. The number of ether oxygens (including phenoxy) is 3. The number of nitrogens with one attached hydrogen (secondary N) is 1. The van der Waals surface area contributed by atoms with Gasteiger partial charge in [-0.15, -0.1) is 0 Å². The molecule has 0 spiro atoms. The van der Waals surface area contributed by atoms with Gasteiger partial charge in [0, 0.05) is 12.1 Å². The fourth-order valence-electron chi connectivity index (χ4n) is 1.62. The predicted molar refractivity (Wildman–Crippen MR) is 66.7 cm³/mol. The van der Waals surface area contributed by atoms with Crippen LogP contribution in [0.4, 0.5) is 0 Å². The lowest BCUT2D eigenvalue weighted by Gasteiger charge is -2.09. The van der Waals surface area contributed by atoms with Crippen molar-refractivity contribution in [3.8, 4) is 11.5 Å². The van der Waals surface area contributed by atoms with E-state index in [0.717, 1.165) is 19.2 Å². The molecule has 0 radical (unpaired) electrons. The molecule has 2 rings (SSSR count). The van der Waals surface area contributed by atoms with Gasteiger partial charge in [0.25, 0.3) is 0 Å². The van der Waals surface area contributed by atoms with E-state index < -0.39 is 39.0 Å². The van der Waals surface area contributed by atoms with Gasteiger partial charge in [0.15, 0.2) is 11.5 Å². The molecule has 21 heavy (non-hydrogen) atoms. The average molecular weight is 317 g/mol. The Morgan fingerprint density at radius 3 is 2.52 bits per heavy atom. The molecule has 1 aromatic carbocycles. The highest BCUT2D eigenvalue weighted by molar-refractivity contribution is 7.89. The van der Waals surface area contributed by atoms with Gasteiger partial charge in [-0.2, -0.15) is 4.72 Å². The molecule has 0 unspecified atom stereocenters. The molecule has 0 aliphatic carbocycles. The third kappa shape index (κ3) is 3.06. The molecule has 2 N–H and O–H groups in total. The molecule has 1 aliphatic rings. The van der Waals surface area contributed by atoms with E-state index in [4.69, 9.17) is 14.6 Å². The minimum atomic E-state index is -4.23. The number of esters is 1. The van der Waals surface area contributed by atoms with E-state index in [9.17, 15) is 18.0 Å². The Balaban J connectivity index is 2.42. The van der Waals surface area contributed by atoms with Crippen molar-refractivity contribution in [2.75, 3.05) is 20.4 Å². The van der Waals surface area contributed by atoms with Gasteiger partial charge in [0.1, 0.15) is 11.4 Å². The number of carboxylic acid groups (broad SMARTS) is 1. The second-order valence-corrected chi connectivity index (χ2v) is 5.64. The number of fused-ring (bicyclic) bond motifs is 1. The summed E-state index contributed by atoms with van der Waals surface area (Å²) in [6.07, 6.45) is 0. The summed E-state index contributed by atoms with van der Waals surface area (Å²) < 4.78 is 40.5. The maximum absolute atomic E-state index is 12.1. The summed E-state index contributed by atoms with van der Waals surface area (Å²) in [6, 6.07) is 2.09. The lowest BCUT2D eigenvalue weighted by Crippen LogP contribution is -2.31. The van der Waals surface area contributed by atoms with Crippen LogP contribution < -0.4 is 14.2 Å². The topological polar surface area (TPSA) is 128 Å². The summed E-state index contributed by atoms with van der Waals surface area (Å²) in [6.45, 7) is -0.750. The van der Waals surface area contributed by atoms with Crippen LogP contribution in [0.5, 0.6) is 11.5 Å². The number of aromatic carboxylic acids is 1. The van der Waals surface area contributed by atoms with Gasteiger partial charge in [0.05, 0.1) is 12.7 Å². The van der Waals surface area contributed by atoms with Crippen LogP contribution in [0, 0.1) is 0 Å². The van der Waals surface area contributed by atoms with Gasteiger partial charge in [-0.25, -0.2) is 13.2 Å². The summed E-state index contributed by atoms with van der Waals surface area (Å²) in [7, 11) is -3.13. The zero-order chi connectivity index (χ0) is 15.6. The highest BCUT2D eigenvalue weighted by Crippen LogP contribution is 2.36. The van der Waals surface area contributed by atoms with E-state index in [2.05, 4.69) is 4.74 Å². The van der Waals surface area contributed by atoms with E-state index >= 15 is 0 Å². The lowest BCUT2D eigenvalue weighted by atomic mass is 10.2. The van der Waals surface area contributed by atoms with Gasteiger partial charge in [-0.1, -0.05) is 0 Å². The zero-order valence-electron chi connectivity index (χ0n) is 10.8. The molecule has 9 nitrogen and oxygen atoms in total. The molecule has 0 fully saturated rings. The van der Waals surface area contributed by atoms with Crippen molar-refractivity contribution in [2.45, 2.75) is 4.90 Å². The zero-order valence-corrected chi connectivity index (χ0v) is 11.6. The van der Waals surface area contributed by atoms with Crippen molar-refractivity contribution in [1.29, 1.82) is 0 Å². The van der Waals surface area contributed by atoms with E-state index in [-0.39, 0.29) is 18.3 Å². The summed E-state index contributed by atoms with van der Waals surface area (Å²) in [5, 5.41) is 9.10. The van der Waals surface area contributed by atoms with Crippen molar-refractivity contribution >= 4 is 22.0 Å². The fraction of sp³-hybridized carbons (Fsp3) is 0.273. The fourth-order valence-corrected chi connectivity index (χ4v) is 2.78. The summed E-state index contributed by atoms with van der Waals surface area (Å²) >= 11 is 0. The minimum absolute atomic E-state index is 0.110. The highest BCUT2D eigenvalue weighted by Gasteiger charge is 2.28. The molecule has 0 saturated heterocycles. The first-order chi connectivity index (χ1) is 9.85. The number of carbonyl (C=O) groups is 2. The third-order valence-corrected chi connectivity index (χ3v) is 4.07. The van der Waals surface area contributed by atoms with Crippen LogP contribution in [0.15, 0.2) is 17.0 Å². The molecular weight excluding hydrogens is 306 g/mol. The smallest absolute Gasteiger partial charge is 0.337 e. The first-order valence-corrected chi connectivity index (χ1v) is 7.07. The molecule has 1 aromatic rings. The SMILES string of the molecule is COC(=O)CNS(=O)(=O)c1cc2c(cc1C(=O)O)OCO2. The maximum Gasteiger partial charge on any atom is 0.337 e. The van der Waals surface area contributed by atoms with Crippen LogP contribution in [0.25, 0.3) is 0 Å². The Bertz CT molecular complexity index is 696. The maximum atomic E-state index is 12.1. The molecule has 114 valence electrons. The molecule has 1 aliphatic heterocycles. The molecule has 1 heterocycles. The van der Waals surface area contributed by atoms with E-state index in [0.29, 0.717) is 0 Å². The molecule has 10 heteroatoms. The quantitative estimate of drug-likeness (QED) is 0.700. The predicted octanol–water partition coefficient (Wildman–Crippen LogP) is -0.435. The summed E-state index contributed by atoms with van der Waals surface area (Å²) in [4.78, 5) is 21.6. The summed E-state index contributed by atoms with van der Waals surface area (Å²) in [5.41, 5.74) is -0.489. The van der Waals surface area contributed by atoms with Gasteiger partial charge in [-0.3, -0.25) is 4.79 Å². The van der Waals surface area contributed by atoms with Crippen molar-refractivity contribution in [2.24, 2.45) is 0 Å². The Morgan fingerprint density at radius 2 is 1.95 bits per heavy atom. The molecule has 0 aromatic heterocycles. The van der Waals surface area contributed by atoms with Crippen molar-refractivity contribution in [1.82, 2.24) is 4.72 Å². The van der Waals surface area contributed by atoms with Crippen LogP contribution in [0.3, 0.4) is 0 Å². The van der Waals surface area contributed by atoms with Crippen LogP contribution in [0.2, 0.25) is 0 Å². The second-order valence-electron chi connectivity index (χ2n) is 3.91. The van der Waals surface area contributed by atoms with Gasteiger partial charge < -0.3 is 19.3 Å². The third-order valence-electron chi connectivity index (χ3n) is 2.63. The van der Waals surface area contributed by atoms with Crippen molar-refractivity contribution in [3.63, 3.8) is 0 Å².